The summed E-state index contributed by atoms with van der Waals surface area (Å²) in [7, 11) is 0. The van der Waals surface area contributed by atoms with Crippen molar-refractivity contribution in [3.8, 4) is 0 Å². The fourth-order valence-electron chi connectivity index (χ4n) is 7.30. The van der Waals surface area contributed by atoms with Crippen LogP contribution in [0.5, 0.6) is 0 Å². The van der Waals surface area contributed by atoms with E-state index in [9.17, 15) is 33.6 Å². The average molecular weight is 1250 g/mol. The predicted molar refractivity (Wildman–Crippen MR) is 324 cm³/mol. The van der Waals surface area contributed by atoms with Gasteiger partial charge in [-0.05, 0) is 102 Å². The first kappa shape index (κ1) is 76.5. The van der Waals surface area contributed by atoms with Crippen LogP contribution >= 0.6 is 46.4 Å². The molecule has 6 aromatic carbocycles. The van der Waals surface area contributed by atoms with Gasteiger partial charge in [0.2, 0.25) is 0 Å². The van der Waals surface area contributed by atoms with Gasteiger partial charge in [-0.3, -0.25) is 33.6 Å². The SMILES string of the molecule is C.C[C@H](N)c1ccccc1.C[C@H](N)c1ccccc1.NC[C@H](CC(=O)O)c1ccc(Cl)cc1.NOC(=O)CC(CC(=O)O)c1ccc(Cl)cc1.NOC(=O)C[C@H](CC(=O)O)c1ccc(Cl)cc1.NOC(=O)C[C@H](CC(=O)O)c1ccc(Cl)cc1. The van der Waals surface area contributed by atoms with E-state index in [1.54, 1.807) is 84.9 Å². The van der Waals surface area contributed by atoms with Crippen LogP contribution in [0.1, 0.15) is 135 Å². The molecule has 0 spiro atoms. The van der Waals surface area contributed by atoms with Gasteiger partial charge in [-0.2, -0.15) is 17.7 Å². The molecule has 6 rings (SSSR count). The van der Waals surface area contributed by atoms with Crippen molar-refractivity contribution in [1.82, 2.24) is 0 Å². The maximum absolute atomic E-state index is 11.1. The molecule has 0 heterocycles. The molecular formula is C60H74Cl4N6O14. The van der Waals surface area contributed by atoms with E-state index in [4.69, 9.17) is 102 Å². The summed E-state index contributed by atoms with van der Waals surface area (Å²) in [4.78, 5) is 88.0. The highest BCUT2D eigenvalue weighted by atomic mass is 35.5. The highest BCUT2D eigenvalue weighted by Gasteiger charge is 2.22. The first-order valence-corrected chi connectivity index (χ1v) is 26.7. The summed E-state index contributed by atoms with van der Waals surface area (Å²) in [6.45, 7) is 4.29. The molecule has 1 unspecified atom stereocenters. The molecule has 0 aliphatic heterocycles. The maximum atomic E-state index is 11.1. The molecule has 84 heavy (non-hydrogen) atoms. The Labute approximate surface area is 508 Å². The third-order valence-electron chi connectivity index (χ3n) is 11.6. The molecule has 0 amide bonds. The minimum absolute atomic E-state index is 0. The number of carbonyl (C=O) groups is 7. The molecule has 24 heteroatoms. The smallest absolute Gasteiger partial charge is 0.325 e. The van der Waals surface area contributed by atoms with E-state index in [1.165, 1.54) is 11.1 Å². The number of halogens is 4. The van der Waals surface area contributed by atoms with Crippen molar-refractivity contribution in [2.24, 2.45) is 34.9 Å². The van der Waals surface area contributed by atoms with Crippen molar-refractivity contribution < 1.29 is 68.5 Å². The minimum atomic E-state index is -0.991. The summed E-state index contributed by atoms with van der Waals surface area (Å²) in [5.74, 6) is 6.91. The van der Waals surface area contributed by atoms with E-state index < -0.39 is 59.5 Å². The second-order valence-corrected chi connectivity index (χ2v) is 19.8. The van der Waals surface area contributed by atoms with E-state index in [-0.39, 0.29) is 70.4 Å². The molecular weight excluding hydrogens is 1170 g/mol. The third-order valence-corrected chi connectivity index (χ3v) is 12.6. The average Bonchev–Trinajstić information content (AvgIpc) is 3.52. The Kier molecular flexibility index (Phi) is 39.4. The lowest BCUT2D eigenvalue weighted by Gasteiger charge is -2.13. The Balaban J connectivity index is 0.000000997. The first-order chi connectivity index (χ1) is 39.3. The maximum Gasteiger partial charge on any atom is 0.325 e. The van der Waals surface area contributed by atoms with Gasteiger partial charge in [-0.15, -0.1) is 0 Å². The fourth-order valence-corrected chi connectivity index (χ4v) is 7.81. The molecule has 0 saturated carbocycles. The van der Waals surface area contributed by atoms with Crippen LogP contribution in [0.4, 0.5) is 0 Å². The van der Waals surface area contributed by atoms with Crippen LogP contribution in [0.2, 0.25) is 20.1 Å². The molecule has 0 aliphatic rings. The van der Waals surface area contributed by atoms with Crippen molar-refractivity contribution in [3.63, 3.8) is 0 Å². The zero-order chi connectivity index (χ0) is 62.4. The van der Waals surface area contributed by atoms with Gasteiger partial charge in [0.05, 0.1) is 44.9 Å². The number of nitrogens with two attached hydrogens (primary N) is 6. The monoisotopic (exact) mass is 1240 g/mol. The number of rotatable bonds is 21. The van der Waals surface area contributed by atoms with Crippen molar-refractivity contribution in [2.75, 3.05) is 6.54 Å². The van der Waals surface area contributed by atoms with Gasteiger partial charge in [0.15, 0.2) is 0 Å². The van der Waals surface area contributed by atoms with Crippen LogP contribution in [0.25, 0.3) is 0 Å². The van der Waals surface area contributed by atoms with E-state index in [1.807, 2.05) is 86.6 Å². The molecule has 6 atom stereocenters. The molecule has 456 valence electrons. The number of benzene rings is 6. The summed E-state index contributed by atoms with van der Waals surface area (Å²) >= 11 is 22.9. The van der Waals surface area contributed by atoms with Gasteiger partial charge in [0.25, 0.3) is 0 Å². The van der Waals surface area contributed by atoms with Gasteiger partial charge in [0, 0.05) is 55.8 Å². The molecule has 0 fully saturated rings. The van der Waals surface area contributed by atoms with Gasteiger partial charge in [-0.25, -0.2) is 0 Å². The summed E-state index contributed by atoms with van der Waals surface area (Å²) in [5, 5.41) is 37.3. The van der Waals surface area contributed by atoms with Crippen LogP contribution in [0.15, 0.2) is 158 Å². The molecule has 0 saturated heterocycles. The van der Waals surface area contributed by atoms with E-state index in [2.05, 4.69) is 14.5 Å². The topological polar surface area (TPSA) is 384 Å². The molecule has 0 bridgehead atoms. The second kappa shape index (κ2) is 43.2. The zero-order valence-electron chi connectivity index (χ0n) is 45.5. The van der Waals surface area contributed by atoms with E-state index in [0.29, 0.717) is 43.3 Å². The summed E-state index contributed by atoms with van der Waals surface area (Å²) in [6.07, 6.45) is -0.693. The molecule has 6 aromatic rings. The van der Waals surface area contributed by atoms with Crippen LogP contribution in [-0.2, 0) is 48.1 Å². The first-order valence-electron chi connectivity index (χ1n) is 25.2. The molecule has 0 radical (unpaired) electrons. The zero-order valence-corrected chi connectivity index (χ0v) is 48.5. The lowest BCUT2D eigenvalue weighted by molar-refractivity contribution is -0.146. The Morgan fingerprint density at radius 3 is 0.726 bits per heavy atom. The number of aliphatic carboxylic acids is 4. The van der Waals surface area contributed by atoms with Crippen molar-refractivity contribution in [3.05, 3.63) is 211 Å². The lowest BCUT2D eigenvalue weighted by atomic mass is 9.93. The fraction of sp³-hybridized carbons (Fsp3) is 0.283. The summed E-state index contributed by atoms with van der Waals surface area (Å²) in [5.41, 5.74) is 22.2. The Morgan fingerprint density at radius 1 is 0.357 bits per heavy atom. The normalized spacial score (nSPS) is 12.1. The lowest BCUT2D eigenvalue weighted by Crippen LogP contribution is -2.16. The molecule has 0 aromatic heterocycles. The van der Waals surface area contributed by atoms with Gasteiger partial charge < -0.3 is 52.1 Å². The number of carbonyl (C=O) groups excluding carboxylic acids is 3. The van der Waals surface area contributed by atoms with E-state index >= 15 is 0 Å². The molecule has 16 N–H and O–H groups in total. The van der Waals surface area contributed by atoms with Crippen LogP contribution in [0.3, 0.4) is 0 Å². The van der Waals surface area contributed by atoms with Gasteiger partial charge >= 0.3 is 41.8 Å². The molecule has 0 aliphatic carbocycles. The number of hydrogen-bond acceptors (Lipinski definition) is 16. The van der Waals surface area contributed by atoms with E-state index in [0.717, 1.165) is 5.56 Å². The Hall–Kier alpha value is -7.47. The largest absolute Gasteiger partial charge is 0.481 e. The van der Waals surface area contributed by atoms with Crippen molar-refractivity contribution >= 4 is 88.2 Å². The number of carboxylic acids is 4. The quantitative estimate of drug-likeness (QED) is 0.0299. The minimum Gasteiger partial charge on any atom is -0.481 e. The highest BCUT2D eigenvalue weighted by Crippen LogP contribution is 2.28. The van der Waals surface area contributed by atoms with Crippen LogP contribution < -0.4 is 34.9 Å². The second-order valence-electron chi connectivity index (χ2n) is 18.1. The van der Waals surface area contributed by atoms with Gasteiger partial charge in [0.1, 0.15) is 0 Å². The van der Waals surface area contributed by atoms with Crippen LogP contribution in [-0.4, -0.2) is 68.8 Å². The van der Waals surface area contributed by atoms with Gasteiger partial charge in [-0.1, -0.05) is 163 Å². The standard InChI is InChI=1S/3C11H12ClNO4.C10H12ClNO2.2C8H11N.CH4/c3*12-9-3-1-7(2-4-9)8(5-10(14)15)6-11(16)17-13;11-9-3-1-7(2-4-9)8(6-12)5-10(13)14;2*1-7(9)8-5-3-2-4-6-8;/h3*1-4,8H,5-6,13H2,(H,14,15);1-4,8H,5-6,12H2,(H,13,14);2*2-7H,9H2,1H3;1H4/t2*8-;;8-;2*7-;/m00.000./s1. The summed E-state index contributed by atoms with van der Waals surface area (Å²) in [6, 6.07) is 47.4. The van der Waals surface area contributed by atoms with Crippen molar-refractivity contribution in [1.29, 1.82) is 0 Å². The highest BCUT2D eigenvalue weighted by molar-refractivity contribution is 6.31. The van der Waals surface area contributed by atoms with Crippen molar-refractivity contribution in [2.45, 2.75) is 102 Å². The molecule has 20 nitrogen and oxygen atoms in total. The Morgan fingerprint density at radius 2 is 0.560 bits per heavy atom. The number of carboxylic acid groups (broad SMARTS) is 4. The predicted octanol–water partition coefficient (Wildman–Crippen LogP) is 11.0. The number of hydrogen-bond donors (Lipinski definition) is 10. The van der Waals surface area contributed by atoms with Crippen LogP contribution in [0, 0.1) is 0 Å². The Bertz CT molecular complexity index is 2630. The third kappa shape index (κ3) is 34.2. The summed E-state index contributed by atoms with van der Waals surface area (Å²) < 4.78 is 0.